The molecule has 2 N–H and O–H groups in total. The predicted molar refractivity (Wildman–Crippen MR) is 112 cm³/mol. The van der Waals surface area contributed by atoms with Crippen LogP contribution in [0.3, 0.4) is 0 Å². The number of nitrogens with one attached hydrogen (secondary N) is 2. The van der Waals surface area contributed by atoms with E-state index in [-0.39, 0.29) is 5.91 Å². The second kappa shape index (κ2) is 8.59. The molecule has 7 nitrogen and oxygen atoms in total. The first kappa shape index (κ1) is 18.7. The summed E-state index contributed by atoms with van der Waals surface area (Å²) < 4.78 is 18.9. The van der Waals surface area contributed by atoms with Crippen LogP contribution in [-0.4, -0.2) is 32.9 Å². The van der Waals surface area contributed by atoms with E-state index in [2.05, 4.69) is 36.4 Å². The topological polar surface area (TPSA) is 93.2 Å². The third-order valence-corrected chi connectivity index (χ3v) is 6.22. The zero-order chi connectivity index (χ0) is 19.3. The zero-order valence-electron chi connectivity index (χ0n) is 15.0. The van der Waals surface area contributed by atoms with Gasteiger partial charge in [0.1, 0.15) is 17.7 Å². The summed E-state index contributed by atoms with van der Waals surface area (Å²) in [4.78, 5) is 19.1. The summed E-state index contributed by atoms with van der Waals surface area (Å²) in [6.45, 7) is 1.18. The van der Waals surface area contributed by atoms with Gasteiger partial charge >= 0.3 is 0 Å². The van der Waals surface area contributed by atoms with Crippen molar-refractivity contribution in [3.05, 3.63) is 60.4 Å². The molecular weight excluding hydrogens is 394 g/mol. The highest BCUT2D eigenvalue weighted by Crippen LogP contribution is 2.26. The predicted octanol–water partition coefficient (Wildman–Crippen LogP) is 3.06. The van der Waals surface area contributed by atoms with Gasteiger partial charge in [-0.1, -0.05) is 18.2 Å². The average molecular weight is 414 g/mol. The van der Waals surface area contributed by atoms with Crippen LogP contribution in [-0.2, 0) is 22.6 Å². The van der Waals surface area contributed by atoms with Gasteiger partial charge in [-0.05, 0) is 48.7 Å². The Labute approximate surface area is 170 Å². The molecule has 9 heteroatoms. The van der Waals surface area contributed by atoms with Gasteiger partial charge in [-0.15, -0.1) is 0 Å². The van der Waals surface area contributed by atoms with E-state index < -0.39 is 11.4 Å². The first-order chi connectivity index (χ1) is 13.7. The van der Waals surface area contributed by atoms with Crippen molar-refractivity contribution < 1.29 is 9.35 Å². The minimum absolute atomic E-state index is 0.0717. The molecule has 1 aromatic heterocycles. The third kappa shape index (κ3) is 4.44. The van der Waals surface area contributed by atoms with Crippen molar-refractivity contribution in [3.8, 4) is 0 Å². The van der Waals surface area contributed by atoms with Gasteiger partial charge in [0.25, 0.3) is 0 Å². The molecule has 0 spiro atoms. The van der Waals surface area contributed by atoms with Gasteiger partial charge in [0.2, 0.25) is 11.0 Å². The highest BCUT2D eigenvalue weighted by Gasteiger charge is 2.19. The van der Waals surface area contributed by atoms with Gasteiger partial charge in [-0.3, -0.25) is 4.79 Å². The first-order valence-corrected chi connectivity index (χ1v) is 10.8. The Hall–Kier alpha value is -2.62. The van der Waals surface area contributed by atoms with Crippen LogP contribution in [0.1, 0.15) is 12.0 Å². The van der Waals surface area contributed by atoms with Crippen LogP contribution < -0.4 is 14.9 Å². The summed E-state index contributed by atoms with van der Waals surface area (Å²) in [7, 11) is 0. The molecule has 3 aromatic rings. The number of hydrogen-bond acceptors (Lipinski definition) is 7. The van der Waals surface area contributed by atoms with Crippen molar-refractivity contribution in [2.75, 3.05) is 28.0 Å². The van der Waals surface area contributed by atoms with Crippen molar-refractivity contribution in [2.45, 2.75) is 17.7 Å². The van der Waals surface area contributed by atoms with Gasteiger partial charge in [-0.25, -0.2) is 4.98 Å². The van der Waals surface area contributed by atoms with E-state index >= 15 is 0 Å². The smallest absolute Gasteiger partial charge is 0.245 e. The molecule has 0 saturated carbocycles. The molecule has 2 aromatic carbocycles. The highest BCUT2D eigenvalue weighted by molar-refractivity contribution is 7.92. The van der Waals surface area contributed by atoms with Crippen LogP contribution >= 0.6 is 11.5 Å². The summed E-state index contributed by atoms with van der Waals surface area (Å²) in [6, 6.07) is 15.2. The number of hydrogen-bond donors (Lipinski definition) is 2. The number of para-hydroxylation sites is 1. The van der Waals surface area contributed by atoms with E-state index in [9.17, 15) is 9.35 Å². The molecule has 2 heterocycles. The molecule has 1 aliphatic heterocycles. The monoisotopic (exact) mass is 413 g/mol. The normalized spacial score (nSPS) is 14.2. The van der Waals surface area contributed by atoms with E-state index in [0.29, 0.717) is 22.3 Å². The lowest BCUT2D eigenvalue weighted by Crippen LogP contribution is -2.36. The largest absolute Gasteiger partial charge is 0.588 e. The number of carbonyl (C=O) groups excluding carboxylic acids is 1. The van der Waals surface area contributed by atoms with Crippen LogP contribution in [0.5, 0.6) is 0 Å². The first-order valence-electron chi connectivity index (χ1n) is 8.87. The van der Waals surface area contributed by atoms with Crippen LogP contribution in [0, 0.1) is 0 Å². The van der Waals surface area contributed by atoms with E-state index in [1.54, 1.807) is 24.3 Å². The summed E-state index contributed by atoms with van der Waals surface area (Å²) in [5.74, 6) is -0.0717. The lowest BCUT2D eigenvalue weighted by atomic mass is 10.0. The number of amides is 1. The maximum Gasteiger partial charge on any atom is 0.245 e. The molecule has 1 amide bonds. The lowest BCUT2D eigenvalue weighted by molar-refractivity contribution is -0.115. The zero-order valence-corrected chi connectivity index (χ0v) is 16.6. The molecule has 144 valence electrons. The number of benzene rings is 2. The fourth-order valence-electron chi connectivity index (χ4n) is 3.17. The van der Waals surface area contributed by atoms with Crippen molar-refractivity contribution in [1.82, 2.24) is 9.36 Å². The number of aryl methyl sites for hydroxylation is 1. The van der Waals surface area contributed by atoms with Gasteiger partial charge < -0.3 is 14.8 Å². The fraction of sp³-hybridized carbons (Fsp3) is 0.211. The maximum absolute atomic E-state index is 12.5. The number of anilines is 3. The van der Waals surface area contributed by atoms with E-state index in [1.165, 1.54) is 11.9 Å². The second-order valence-electron chi connectivity index (χ2n) is 6.34. The van der Waals surface area contributed by atoms with Crippen LogP contribution in [0.4, 0.5) is 16.5 Å². The highest BCUT2D eigenvalue weighted by atomic mass is 32.2. The van der Waals surface area contributed by atoms with Gasteiger partial charge in [0.05, 0.1) is 6.54 Å². The average Bonchev–Trinajstić information content (AvgIpc) is 3.22. The van der Waals surface area contributed by atoms with Crippen LogP contribution in [0.2, 0.25) is 0 Å². The summed E-state index contributed by atoms with van der Waals surface area (Å²) in [6.07, 6.45) is 3.51. The molecule has 0 bridgehead atoms. The van der Waals surface area contributed by atoms with Crippen molar-refractivity contribution in [1.29, 1.82) is 0 Å². The van der Waals surface area contributed by atoms with Crippen molar-refractivity contribution in [2.24, 2.45) is 0 Å². The Bertz CT molecular complexity index is 934. The Kier molecular flexibility index (Phi) is 5.75. The second-order valence-corrected chi connectivity index (χ2v) is 8.34. The van der Waals surface area contributed by atoms with E-state index in [1.807, 2.05) is 12.1 Å². The van der Waals surface area contributed by atoms with E-state index in [0.717, 1.165) is 36.6 Å². The molecule has 0 saturated heterocycles. The molecule has 0 aliphatic carbocycles. The summed E-state index contributed by atoms with van der Waals surface area (Å²) in [5, 5.41) is 3.41. The molecule has 1 aliphatic rings. The number of aromatic nitrogens is 2. The molecule has 0 radical (unpaired) electrons. The number of rotatable bonds is 6. The number of carbonyl (C=O) groups is 1. The SMILES string of the molecule is O=C(CN1CCCc2ccccc21)Nc1ccc([S+]([O-])Nc2ncns2)cc1. The van der Waals surface area contributed by atoms with Gasteiger partial charge in [-0.2, -0.15) is 9.10 Å². The Morgan fingerprint density at radius 1 is 1.21 bits per heavy atom. The van der Waals surface area contributed by atoms with Gasteiger partial charge in [0.15, 0.2) is 4.90 Å². The van der Waals surface area contributed by atoms with Crippen LogP contribution in [0.25, 0.3) is 0 Å². The van der Waals surface area contributed by atoms with E-state index in [4.69, 9.17) is 0 Å². The van der Waals surface area contributed by atoms with Crippen LogP contribution in [0.15, 0.2) is 59.8 Å². The quantitative estimate of drug-likeness (QED) is 0.604. The lowest BCUT2D eigenvalue weighted by Gasteiger charge is -2.30. The summed E-state index contributed by atoms with van der Waals surface area (Å²) >= 11 is -0.285. The Balaban J connectivity index is 1.35. The fourth-order valence-corrected chi connectivity index (χ4v) is 4.54. The Morgan fingerprint density at radius 2 is 2.04 bits per heavy atom. The maximum atomic E-state index is 12.5. The molecule has 0 fully saturated rings. The summed E-state index contributed by atoms with van der Waals surface area (Å²) in [5.41, 5.74) is 3.10. The molecule has 1 unspecified atom stereocenters. The standard InChI is InChI=1S/C19H19N5O2S2/c25-18(12-24-11-3-5-14-4-1-2-6-17(14)24)22-15-7-9-16(10-8-15)28(26)23-19-20-13-21-27-19/h1-2,4,6-10,13H,3,5,11-12H2,(H,22,25)(H,20,21,23). The molecule has 1 atom stereocenters. The molecule has 28 heavy (non-hydrogen) atoms. The number of fused-ring (bicyclic) bond motifs is 1. The minimum Gasteiger partial charge on any atom is -0.588 e. The Morgan fingerprint density at radius 3 is 2.82 bits per heavy atom. The van der Waals surface area contributed by atoms with Gasteiger partial charge in [0, 0.05) is 29.5 Å². The molecule has 4 rings (SSSR count). The van der Waals surface area contributed by atoms with Crippen molar-refractivity contribution >= 4 is 45.3 Å². The molecular formula is C19H19N5O2S2. The third-order valence-electron chi connectivity index (χ3n) is 4.43. The minimum atomic E-state index is -1.43. The number of nitrogens with zero attached hydrogens (tertiary/aromatic N) is 3. The van der Waals surface area contributed by atoms with Crippen molar-refractivity contribution in [3.63, 3.8) is 0 Å².